The van der Waals surface area contributed by atoms with E-state index in [1.165, 1.54) is 25.7 Å². The van der Waals surface area contributed by atoms with Crippen LogP contribution in [0.5, 0.6) is 0 Å². The normalized spacial score (nSPS) is 12.0. The van der Waals surface area contributed by atoms with Crippen LogP contribution in [-0.2, 0) is 0 Å². The molecule has 0 unspecified atom stereocenters. The molecule has 0 bridgehead atoms. The second-order valence-electron chi connectivity index (χ2n) is 3.53. The molecule has 0 heterocycles. The molecule has 3 heteroatoms. The van der Waals surface area contributed by atoms with Gasteiger partial charge < -0.3 is 0 Å². The van der Waals surface area contributed by atoms with Gasteiger partial charge in [-0.05, 0) is 0 Å². The molecule has 0 nitrogen and oxygen atoms in total. The van der Waals surface area contributed by atoms with Crippen molar-refractivity contribution >= 4 is 33.5 Å². The van der Waals surface area contributed by atoms with E-state index >= 15 is 0 Å². The first kappa shape index (κ1) is 14.5. The molecule has 0 aromatic heterocycles. The van der Waals surface area contributed by atoms with Crippen molar-refractivity contribution in [2.75, 3.05) is 12.5 Å². The predicted molar refractivity (Wildman–Crippen MR) is 72.2 cm³/mol. The Morgan fingerprint density at radius 2 is 1.23 bits per heavy atom. The molecule has 0 saturated carbocycles. The van der Waals surface area contributed by atoms with Crippen LogP contribution >= 0.6 is 17.9 Å². The zero-order valence-corrected chi connectivity index (χ0v) is 14.0. The van der Waals surface area contributed by atoms with Crippen LogP contribution in [-0.4, -0.2) is 28.1 Å². The molecule has 0 saturated heterocycles. The van der Waals surface area contributed by atoms with Crippen LogP contribution < -0.4 is 0 Å². The van der Waals surface area contributed by atoms with E-state index in [0.717, 1.165) is 0 Å². The summed E-state index contributed by atoms with van der Waals surface area (Å²) in [6.45, 7) is 4.63. The minimum atomic E-state index is -1.71. The molecule has 80 valence electrons. The summed E-state index contributed by atoms with van der Waals surface area (Å²) in [6, 6.07) is 0. The van der Waals surface area contributed by atoms with Crippen molar-refractivity contribution in [1.82, 2.24) is 0 Å². The Bertz CT molecular complexity index is 103. The summed E-state index contributed by atoms with van der Waals surface area (Å²) >= 11 is -1.71. The van der Waals surface area contributed by atoms with Crippen molar-refractivity contribution in [3.8, 4) is 0 Å². The van der Waals surface area contributed by atoms with Crippen LogP contribution in [0.3, 0.4) is 0 Å². The topological polar surface area (TPSA) is 0 Å². The van der Waals surface area contributed by atoms with Crippen molar-refractivity contribution < 1.29 is 0 Å². The monoisotopic (exact) mass is 328 g/mol. The number of rotatable bonds is 8. The van der Waals surface area contributed by atoms with Crippen LogP contribution in [0.15, 0.2) is 0 Å². The van der Waals surface area contributed by atoms with Gasteiger partial charge in [-0.25, -0.2) is 0 Å². The molecule has 0 aliphatic rings. The third-order valence-corrected chi connectivity index (χ3v) is 35.3. The Morgan fingerprint density at radius 1 is 0.846 bits per heavy atom. The molecule has 0 radical (unpaired) electrons. The Morgan fingerprint density at radius 3 is 1.46 bits per heavy atom. The summed E-state index contributed by atoms with van der Waals surface area (Å²) in [6.07, 6.45) is 10.4. The fraction of sp³-hybridized carbons (Fsp3) is 1.00. The number of hydrogen-bond donors (Lipinski definition) is 0. The second-order valence-corrected chi connectivity index (χ2v) is 31.6. The van der Waals surface area contributed by atoms with Gasteiger partial charge in [0.25, 0.3) is 0 Å². The van der Waals surface area contributed by atoms with Gasteiger partial charge in [0.2, 0.25) is 0 Å². The van der Waals surface area contributed by atoms with Gasteiger partial charge in [0, 0.05) is 0 Å². The molecule has 13 heavy (non-hydrogen) atoms. The van der Waals surface area contributed by atoms with Crippen molar-refractivity contribution in [2.45, 2.75) is 48.4 Å². The summed E-state index contributed by atoms with van der Waals surface area (Å²) in [5, 5.41) is 0. The fourth-order valence-electron chi connectivity index (χ4n) is 1.51. The molecule has 0 aliphatic heterocycles. The quantitative estimate of drug-likeness (QED) is 0.590. The van der Waals surface area contributed by atoms with Crippen LogP contribution in [0.25, 0.3) is 0 Å². The van der Waals surface area contributed by atoms with Crippen LogP contribution in [0, 0.1) is 0 Å². The average molecular weight is 327 g/mol. The van der Waals surface area contributed by atoms with E-state index in [4.69, 9.17) is 0 Å². The van der Waals surface area contributed by atoms with Gasteiger partial charge in [-0.2, -0.15) is 0 Å². The number of hydrogen-bond acceptors (Lipinski definition) is 2. The molecule has 0 fully saturated rings. The van der Waals surface area contributed by atoms with E-state index in [1.54, 1.807) is 8.87 Å². The van der Waals surface area contributed by atoms with Gasteiger partial charge >= 0.3 is 94.4 Å². The van der Waals surface area contributed by atoms with Gasteiger partial charge in [0.1, 0.15) is 0 Å². The minimum absolute atomic E-state index is 1.38. The van der Waals surface area contributed by atoms with E-state index in [2.05, 4.69) is 44.3 Å². The van der Waals surface area contributed by atoms with Gasteiger partial charge in [-0.3, -0.25) is 0 Å². The van der Waals surface area contributed by atoms with Gasteiger partial charge in [-0.1, -0.05) is 0 Å². The maximum absolute atomic E-state index is 2.36. The first-order chi connectivity index (χ1) is 6.24. The SMILES string of the molecule is CCC[CH2][Sn]([CH2]CCC)([S]C)[S]C. The van der Waals surface area contributed by atoms with E-state index in [1.807, 2.05) is 0 Å². The van der Waals surface area contributed by atoms with Gasteiger partial charge in [-0.15, -0.1) is 0 Å². The first-order valence-corrected chi connectivity index (χ1v) is 18.8. The van der Waals surface area contributed by atoms with E-state index in [-0.39, 0.29) is 0 Å². The molecule has 0 spiro atoms. The molecule has 0 atom stereocenters. The third kappa shape index (κ3) is 5.83. The Kier molecular flexibility index (Phi) is 9.79. The standard InChI is InChI=1S/2C4H9.2CH4S.Sn/c2*1-3-4-2;2*1-2;/h2*1,3-4H2,2H3;2*2H,1H3;/q;;;;+2/p-2. The Hall–Kier alpha value is 1.50. The van der Waals surface area contributed by atoms with Gasteiger partial charge in [0.05, 0.1) is 0 Å². The second kappa shape index (κ2) is 8.78. The molecule has 0 amide bonds. The molecule has 0 rings (SSSR count). The van der Waals surface area contributed by atoms with Crippen molar-refractivity contribution in [2.24, 2.45) is 0 Å². The zero-order chi connectivity index (χ0) is 10.2. The Labute approximate surface area is 93.8 Å². The van der Waals surface area contributed by atoms with Crippen molar-refractivity contribution in [3.05, 3.63) is 0 Å². The maximum atomic E-state index is 2.36. The van der Waals surface area contributed by atoms with Crippen LogP contribution in [0.2, 0.25) is 8.87 Å². The fourth-order valence-corrected chi connectivity index (χ4v) is 23.9. The average Bonchev–Trinajstić information content (AvgIpc) is 2.20. The summed E-state index contributed by atoms with van der Waals surface area (Å²) in [5.74, 6) is 0. The first-order valence-electron chi connectivity index (χ1n) is 5.35. The molecule has 0 N–H and O–H groups in total. The molecular formula is C10H24S2Sn. The van der Waals surface area contributed by atoms with Crippen molar-refractivity contribution in [1.29, 1.82) is 0 Å². The predicted octanol–water partition coefficient (Wildman–Crippen LogP) is 4.75. The van der Waals surface area contributed by atoms with Gasteiger partial charge in [0.15, 0.2) is 0 Å². The molecular weight excluding hydrogens is 303 g/mol. The van der Waals surface area contributed by atoms with E-state index in [9.17, 15) is 0 Å². The summed E-state index contributed by atoms with van der Waals surface area (Å²) in [4.78, 5) is 0. The molecule has 0 aliphatic carbocycles. The van der Waals surface area contributed by atoms with E-state index in [0.29, 0.717) is 0 Å². The summed E-state index contributed by atoms with van der Waals surface area (Å²) in [5.41, 5.74) is 0. The third-order valence-electron chi connectivity index (χ3n) is 2.57. The summed E-state index contributed by atoms with van der Waals surface area (Å²) in [7, 11) is 4.54. The molecule has 0 aromatic carbocycles. The summed E-state index contributed by atoms with van der Waals surface area (Å²) < 4.78 is 3.18. The Balaban J connectivity index is 3.97. The zero-order valence-electron chi connectivity index (χ0n) is 9.56. The van der Waals surface area contributed by atoms with Crippen LogP contribution in [0.1, 0.15) is 39.5 Å². The van der Waals surface area contributed by atoms with Crippen LogP contribution in [0.4, 0.5) is 0 Å². The number of unbranched alkanes of at least 4 members (excludes halogenated alkanes) is 2. The molecule has 0 aromatic rings. The van der Waals surface area contributed by atoms with Crippen molar-refractivity contribution in [3.63, 3.8) is 0 Å². The van der Waals surface area contributed by atoms with E-state index < -0.39 is 15.6 Å².